The van der Waals surface area contributed by atoms with Crippen LogP contribution in [0.15, 0.2) is 53.5 Å². The molecule has 0 bridgehead atoms. The van der Waals surface area contributed by atoms with Gasteiger partial charge in [-0.2, -0.15) is 0 Å². The lowest BCUT2D eigenvalue weighted by atomic mass is 10.3. The Bertz CT molecular complexity index is 660. The van der Waals surface area contributed by atoms with Crippen LogP contribution in [0.5, 0.6) is 17.2 Å². The highest BCUT2D eigenvalue weighted by Crippen LogP contribution is 2.18. The van der Waals surface area contributed by atoms with Crippen molar-refractivity contribution in [3.05, 3.63) is 48.5 Å². The van der Waals surface area contributed by atoms with E-state index < -0.39 is 0 Å². The number of methoxy groups -OCH3 is 2. The van der Waals surface area contributed by atoms with Gasteiger partial charge in [-0.1, -0.05) is 0 Å². The molecule has 1 atom stereocenters. The van der Waals surface area contributed by atoms with Gasteiger partial charge in [0.25, 0.3) is 0 Å². The minimum atomic E-state index is -0.102. The van der Waals surface area contributed by atoms with E-state index in [1.807, 2.05) is 55.5 Å². The van der Waals surface area contributed by atoms with Crippen molar-refractivity contribution in [1.82, 2.24) is 0 Å². The van der Waals surface area contributed by atoms with Gasteiger partial charge in [-0.3, -0.25) is 0 Å². The molecule has 0 aliphatic heterocycles. The lowest BCUT2D eigenvalue weighted by Crippen LogP contribution is -2.25. The molecular formula is C18H24IN3O3. The lowest BCUT2D eigenvalue weighted by molar-refractivity contribution is 0.230. The van der Waals surface area contributed by atoms with Crippen molar-refractivity contribution < 1.29 is 14.2 Å². The predicted octanol–water partition coefficient (Wildman–Crippen LogP) is 3.52. The van der Waals surface area contributed by atoms with Gasteiger partial charge < -0.3 is 25.3 Å². The van der Waals surface area contributed by atoms with Crippen molar-refractivity contribution in [2.45, 2.75) is 13.0 Å². The van der Waals surface area contributed by atoms with E-state index in [2.05, 4.69) is 10.3 Å². The fraction of sp³-hybridized carbons (Fsp3) is 0.278. The maximum absolute atomic E-state index is 5.89. The van der Waals surface area contributed by atoms with Crippen LogP contribution in [-0.2, 0) is 0 Å². The molecule has 2 aromatic rings. The molecule has 0 spiro atoms. The monoisotopic (exact) mass is 457 g/mol. The molecule has 0 aliphatic carbocycles. The number of aliphatic imine (C=N–C) groups is 1. The highest BCUT2D eigenvalue weighted by Gasteiger charge is 2.04. The first-order chi connectivity index (χ1) is 11.6. The van der Waals surface area contributed by atoms with Crippen molar-refractivity contribution in [3.63, 3.8) is 0 Å². The van der Waals surface area contributed by atoms with Crippen LogP contribution in [0.4, 0.5) is 5.69 Å². The zero-order valence-electron chi connectivity index (χ0n) is 14.6. The molecule has 6 nitrogen and oxygen atoms in total. The van der Waals surface area contributed by atoms with Gasteiger partial charge >= 0.3 is 0 Å². The fourth-order valence-corrected chi connectivity index (χ4v) is 2.01. The van der Waals surface area contributed by atoms with E-state index in [9.17, 15) is 0 Å². The Morgan fingerprint density at radius 3 is 1.96 bits per heavy atom. The zero-order chi connectivity index (χ0) is 17.4. The summed E-state index contributed by atoms with van der Waals surface area (Å²) in [4.78, 5) is 4.29. The van der Waals surface area contributed by atoms with Crippen LogP contribution >= 0.6 is 24.0 Å². The first-order valence-corrected chi connectivity index (χ1v) is 7.62. The molecule has 0 saturated heterocycles. The normalized spacial score (nSPS) is 11.9. The molecule has 0 heterocycles. The molecule has 25 heavy (non-hydrogen) atoms. The molecule has 1 unspecified atom stereocenters. The maximum Gasteiger partial charge on any atom is 0.193 e. The summed E-state index contributed by atoms with van der Waals surface area (Å²) in [5, 5.41) is 3.03. The number of hydrogen-bond donors (Lipinski definition) is 2. The minimum absolute atomic E-state index is 0. The Kier molecular flexibility index (Phi) is 8.90. The average Bonchev–Trinajstić information content (AvgIpc) is 2.61. The second kappa shape index (κ2) is 10.7. The summed E-state index contributed by atoms with van der Waals surface area (Å²) in [6.45, 7) is 2.38. The Balaban J connectivity index is 0.00000312. The van der Waals surface area contributed by atoms with E-state index >= 15 is 0 Å². The topological polar surface area (TPSA) is 78.1 Å². The number of ether oxygens (including phenoxy) is 3. The van der Waals surface area contributed by atoms with Crippen LogP contribution in [0.3, 0.4) is 0 Å². The number of nitrogens with two attached hydrogens (primary N) is 1. The van der Waals surface area contributed by atoms with Gasteiger partial charge in [0.15, 0.2) is 5.96 Å². The standard InChI is InChI=1S/C18H23N3O3.HI/c1-13(24-17-10-8-16(23-3)9-11-17)12-20-18(19)21-14-4-6-15(22-2)7-5-14;/h4-11,13H,12H2,1-3H3,(H3,19,20,21);1H. The number of anilines is 1. The summed E-state index contributed by atoms with van der Waals surface area (Å²) in [5.41, 5.74) is 6.74. The van der Waals surface area contributed by atoms with Crippen molar-refractivity contribution in [2.75, 3.05) is 26.1 Å². The van der Waals surface area contributed by atoms with Crippen LogP contribution in [0, 0.1) is 0 Å². The highest BCUT2D eigenvalue weighted by molar-refractivity contribution is 14.0. The van der Waals surface area contributed by atoms with Gasteiger partial charge in [-0.25, -0.2) is 4.99 Å². The number of guanidine groups is 1. The first kappa shape index (κ1) is 20.9. The van der Waals surface area contributed by atoms with Crippen LogP contribution < -0.4 is 25.3 Å². The van der Waals surface area contributed by atoms with E-state index in [0.717, 1.165) is 22.9 Å². The van der Waals surface area contributed by atoms with Gasteiger partial charge in [0.2, 0.25) is 0 Å². The number of halogens is 1. The molecule has 0 fully saturated rings. The predicted molar refractivity (Wildman–Crippen MR) is 112 cm³/mol. The molecule has 136 valence electrons. The Morgan fingerprint density at radius 2 is 1.44 bits per heavy atom. The Labute approximate surface area is 165 Å². The third-order valence-corrected chi connectivity index (χ3v) is 3.28. The van der Waals surface area contributed by atoms with Crippen LogP contribution in [0.25, 0.3) is 0 Å². The Morgan fingerprint density at radius 1 is 0.960 bits per heavy atom. The van der Waals surface area contributed by atoms with Crippen molar-refractivity contribution in [2.24, 2.45) is 10.7 Å². The van der Waals surface area contributed by atoms with Gasteiger partial charge in [0, 0.05) is 5.69 Å². The number of nitrogens with zero attached hydrogens (tertiary/aromatic N) is 1. The zero-order valence-corrected chi connectivity index (χ0v) is 16.9. The molecule has 0 aliphatic rings. The molecular weight excluding hydrogens is 433 g/mol. The molecule has 7 heteroatoms. The average molecular weight is 457 g/mol. The van der Waals surface area contributed by atoms with Crippen LogP contribution in [0.1, 0.15) is 6.92 Å². The lowest BCUT2D eigenvalue weighted by Gasteiger charge is -2.13. The van der Waals surface area contributed by atoms with E-state index in [-0.39, 0.29) is 30.1 Å². The van der Waals surface area contributed by atoms with Crippen LogP contribution in [-0.4, -0.2) is 32.8 Å². The second-order valence-electron chi connectivity index (χ2n) is 5.18. The molecule has 0 radical (unpaired) electrons. The summed E-state index contributed by atoms with van der Waals surface area (Å²) in [7, 11) is 3.26. The molecule has 0 amide bonds. The van der Waals surface area contributed by atoms with Crippen molar-refractivity contribution >= 4 is 35.6 Å². The molecule has 0 saturated carbocycles. The third-order valence-electron chi connectivity index (χ3n) is 3.28. The smallest absolute Gasteiger partial charge is 0.193 e. The second-order valence-corrected chi connectivity index (χ2v) is 5.18. The van der Waals surface area contributed by atoms with E-state index in [1.165, 1.54) is 0 Å². The summed E-state index contributed by atoms with van der Waals surface area (Å²) in [5.74, 6) is 2.68. The summed E-state index contributed by atoms with van der Waals surface area (Å²) in [6, 6.07) is 14.9. The molecule has 3 N–H and O–H groups in total. The van der Waals surface area contributed by atoms with E-state index in [0.29, 0.717) is 12.5 Å². The number of nitrogens with one attached hydrogen (secondary N) is 1. The van der Waals surface area contributed by atoms with Gasteiger partial charge in [-0.15, -0.1) is 24.0 Å². The fourth-order valence-electron chi connectivity index (χ4n) is 2.01. The van der Waals surface area contributed by atoms with E-state index in [1.54, 1.807) is 14.2 Å². The highest BCUT2D eigenvalue weighted by atomic mass is 127. The van der Waals surface area contributed by atoms with Crippen molar-refractivity contribution in [3.8, 4) is 17.2 Å². The first-order valence-electron chi connectivity index (χ1n) is 7.62. The molecule has 2 rings (SSSR count). The largest absolute Gasteiger partial charge is 0.497 e. The maximum atomic E-state index is 5.89. The minimum Gasteiger partial charge on any atom is -0.497 e. The summed E-state index contributed by atoms with van der Waals surface area (Å²) < 4.78 is 16.0. The number of rotatable bonds is 7. The quantitative estimate of drug-likeness (QED) is 0.378. The summed E-state index contributed by atoms with van der Waals surface area (Å²) in [6.07, 6.45) is -0.102. The van der Waals surface area contributed by atoms with Gasteiger partial charge in [0.05, 0.1) is 20.8 Å². The number of benzene rings is 2. The van der Waals surface area contributed by atoms with Gasteiger partial charge in [0.1, 0.15) is 23.4 Å². The molecule has 0 aromatic heterocycles. The Hall–Kier alpha value is -2.16. The molecule has 2 aromatic carbocycles. The van der Waals surface area contributed by atoms with Crippen molar-refractivity contribution in [1.29, 1.82) is 0 Å². The SMILES string of the molecule is COc1ccc(NC(N)=NCC(C)Oc2ccc(OC)cc2)cc1.I. The van der Waals surface area contributed by atoms with Gasteiger partial charge in [-0.05, 0) is 55.5 Å². The number of hydrogen-bond acceptors (Lipinski definition) is 4. The van der Waals surface area contributed by atoms with E-state index in [4.69, 9.17) is 19.9 Å². The van der Waals surface area contributed by atoms with Crippen LogP contribution in [0.2, 0.25) is 0 Å². The third kappa shape index (κ3) is 7.08. The summed E-state index contributed by atoms with van der Waals surface area (Å²) >= 11 is 0.